The summed E-state index contributed by atoms with van der Waals surface area (Å²) in [7, 11) is 2.30. The molecule has 2 nitrogen and oxygen atoms in total. The molecule has 8 saturated carbocycles. The maximum absolute atomic E-state index is 3.84. The van der Waals surface area contributed by atoms with Gasteiger partial charge < -0.3 is 10.6 Å². The third-order valence-corrected chi connectivity index (χ3v) is 23.1. The van der Waals surface area contributed by atoms with Crippen LogP contribution in [-0.2, 0) is 0 Å². The first-order valence-corrected chi connectivity index (χ1v) is 24.6. The van der Waals surface area contributed by atoms with Gasteiger partial charge in [-0.15, -0.1) is 9.24 Å². The SMILES string of the molecule is C[Si](C)(C)C1=CC(CP(C23CC4CC(CC(C4)C2)C3)C23CC4CC(CC(C4)C2)C3)=C(C(P)(C2CCNC2)C2CCNC2)C1. The molecule has 3 unspecified atom stereocenters. The maximum Gasteiger partial charge on any atom is 0.0728 e. The zero-order chi connectivity index (χ0) is 29.2. The molecule has 0 amide bonds. The summed E-state index contributed by atoms with van der Waals surface area (Å²) in [6.45, 7) is 12.9. The first kappa shape index (κ1) is 29.6. The molecular weight excluding hydrogens is 574 g/mol. The largest absolute Gasteiger partial charge is 0.316 e. The molecule has 2 saturated heterocycles. The first-order valence-electron chi connectivity index (χ1n) is 19.0. The van der Waals surface area contributed by atoms with Crippen molar-refractivity contribution in [1.29, 1.82) is 0 Å². The number of rotatable bonds is 8. The number of allylic oxidation sites excluding steroid dienone is 4. The molecule has 0 spiro atoms. The van der Waals surface area contributed by atoms with E-state index in [0.29, 0.717) is 0 Å². The van der Waals surface area contributed by atoms with E-state index in [0.717, 1.165) is 57.7 Å². The Morgan fingerprint density at radius 2 is 1.16 bits per heavy atom. The summed E-state index contributed by atoms with van der Waals surface area (Å²) in [4.78, 5) is 0. The van der Waals surface area contributed by atoms with Crippen molar-refractivity contribution in [2.75, 3.05) is 32.3 Å². The Bertz CT molecular complexity index is 1050. The fourth-order valence-electron chi connectivity index (χ4n) is 14.5. The molecule has 238 valence electrons. The highest BCUT2D eigenvalue weighted by Crippen LogP contribution is 2.79. The van der Waals surface area contributed by atoms with Crippen LogP contribution in [0.1, 0.15) is 96.3 Å². The smallest absolute Gasteiger partial charge is 0.0728 e. The summed E-state index contributed by atoms with van der Waals surface area (Å²) in [5.41, 5.74) is 3.89. The van der Waals surface area contributed by atoms with Crippen molar-refractivity contribution in [3.05, 3.63) is 22.4 Å². The third kappa shape index (κ3) is 4.79. The number of nitrogens with one attached hydrogen (secondary N) is 2. The van der Waals surface area contributed by atoms with Crippen LogP contribution < -0.4 is 10.6 Å². The molecule has 9 aliphatic carbocycles. The Morgan fingerprint density at radius 3 is 1.51 bits per heavy atom. The number of hydrogen-bond acceptors (Lipinski definition) is 2. The molecule has 2 N–H and O–H groups in total. The predicted molar refractivity (Wildman–Crippen MR) is 191 cm³/mol. The molecule has 2 aliphatic heterocycles. The molecule has 3 atom stereocenters. The predicted octanol–water partition coefficient (Wildman–Crippen LogP) is 8.74. The van der Waals surface area contributed by atoms with Crippen LogP contribution in [0, 0.1) is 47.3 Å². The van der Waals surface area contributed by atoms with Crippen LogP contribution >= 0.6 is 17.2 Å². The van der Waals surface area contributed by atoms with Gasteiger partial charge in [-0.05, 0) is 192 Å². The van der Waals surface area contributed by atoms with Crippen molar-refractivity contribution in [2.24, 2.45) is 47.3 Å². The minimum Gasteiger partial charge on any atom is -0.316 e. The molecule has 0 radical (unpaired) electrons. The van der Waals surface area contributed by atoms with Crippen molar-refractivity contribution in [3.8, 4) is 0 Å². The van der Waals surface area contributed by atoms with Gasteiger partial charge in [0.2, 0.25) is 0 Å². The van der Waals surface area contributed by atoms with Crippen molar-refractivity contribution in [2.45, 2.75) is 131 Å². The lowest BCUT2D eigenvalue weighted by molar-refractivity contribution is 0.0187. The zero-order valence-electron chi connectivity index (χ0n) is 27.9. The van der Waals surface area contributed by atoms with Crippen LogP contribution in [0.5, 0.6) is 0 Å². The van der Waals surface area contributed by atoms with Crippen LogP contribution in [0.2, 0.25) is 19.6 Å². The lowest BCUT2D eigenvalue weighted by atomic mass is 9.55. The summed E-state index contributed by atoms with van der Waals surface area (Å²) in [5, 5.41) is 11.3. The highest BCUT2D eigenvalue weighted by molar-refractivity contribution is 7.61. The zero-order valence-corrected chi connectivity index (χ0v) is 30.9. The van der Waals surface area contributed by atoms with Gasteiger partial charge in [-0.3, -0.25) is 0 Å². The highest BCUT2D eigenvalue weighted by Gasteiger charge is 2.63. The maximum atomic E-state index is 3.84. The van der Waals surface area contributed by atoms with Gasteiger partial charge in [-0.25, -0.2) is 0 Å². The summed E-state index contributed by atoms with van der Waals surface area (Å²) in [6.07, 6.45) is 28.0. The average Bonchev–Trinajstić information content (AvgIpc) is 3.72. The molecule has 0 aromatic carbocycles. The number of hydrogen-bond donors (Lipinski definition) is 2. The van der Waals surface area contributed by atoms with Crippen LogP contribution in [0.15, 0.2) is 22.4 Å². The van der Waals surface area contributed by atoms with Crippen LogP contribution in [-0.4, -0.2) is 55.9 Å². The molecule has 0 aromatic heterocycles. The quantitative estimate of drug-likeness (QED) is 0.206. The van der Waals surface area contributed by atoms with E-state index in [9.17, 15) is 0 Å². The Kier molecular flexibility index (Phi) is 7.22. The summed E-state index contributed by atoms with van der Waals surface area (Å²) >= 11 is 0. The lowest BCUT2D eigenvalue weighted by Crippen LogP contribution is -2.57. The first-order chi connectivity index (χ1) is 20.6. The highest BCUT2D eigenvalue weighted by atomic mass is 31.1. The van der Waals surface area contributed by atoms with Crippen molar-refractivity contribution < 1.29 is 0 Å². The second-order valence-electron chi connectivity index (χ2n) is 19.3. The van der Waals surface area contributed by atoms with Crippen LogP contribution in [0.3, 0.4) is 0 Å². The molecule has 43 heavy (non-hydrogen) atoms. The fourth-order valence-corrected chi connectivity index (χ4v) is 21.8. The molecule has 0 aromatic rings. The van der Waals surface area contributed by atoms with E-state index in [1.807, 2.05) is 16.3 Å². The van der Waals surface area contributed by atoms with Gasteiger partial charge in [0.15, 0.2) is 0 Å². The normalized spacial score (nSPS) is 48.8. The Balaban J connectivity index is 1.17. The van der Waals surface area contributed by atoms with E-state index in [1.54, 1.807) is 77.0 Å². The third-order valence-electron chi connectivity index (χ3n) is 15.5. The molecule has 2 heterocycles. The topological polar surface area (TPSA) is 24.1 Å². The average molecular weight is 637 g/mol. The van der Waals surface area contributed by atoms with Gasteiger partial charge in [0.25, 0.3) is 0 Å². The monoisotopic (exact) mass is 636 g/mol. The van der Waals surface area contributed by atoms with E-state index in [1.165, 1.54) is 51.6 Å². The Morgan fingerprint density at radius 1 is 0.744 bits per heavy atom. The molecule has 11 aliphatic rings. The molecule has 11 rings (SSSR count). The summed E-state index contributed by atoms with van der Waals surface area (Å²) < 4.78 is 0. The van der Waals surface area contributed by atoms with E-state index < -0.39 is 8.07 Å². The van der Waals surface area contributed by atoms with Gasteiger partial charge in [-0.2, -0.15) is 0 Å². The van der Waals surface area contributed by atoms with Crippen LogP contribution in [0.25, 0.3) is 0 Å². The summed E-state index contributed by atoms with van der Waals surface area (Å²) in [5.74, 6) is 8.10. The minimum absolute atomic E-state index is 0.000461. The second-order valence-corrected chi connectivity index (χ2v) is 28.4. The second kappa shape index (κ2) is 10.5. The van der Waals surface area contributed by atoms with Gasteiger partial charge in [0.1, 0.15) is 0 Å². The fraction of sp³-hybridized carbons (Fsp3) is 0.895. The Labute approximate surface area is 268 Å². The van der Waals surface area contributed by atoms with E-state index >= 15 is 0 Å². The molecular formula is C38H62N2P2Si. The van der Waals surface area contributed by atoms with E-state index in [2.05, 4.69) is 45.6 Å². The van der Waals surface area contributed by atoms with Crippen molar-refractivity contribution >= 4 is 25.2 Å². The van der Waals surface area contributed by atoms with Gasteiger partial charge >= 0.3 is 0 Å². The van der Waals surface area contributed by atoms with Crippen LogP contribution in [0.4, 0.5) is 0 Å². The standard InChI is InChI=1S/C38H62N2P2Si/c1-43(2,3)34-14-31(35(15-34)38(41,32-4-6-39-22-32)33-5-7-40-23-33)24-42(36-16-25-8-26(17-36)10-27(9-25)18-36)37-19-28-11-29(20-37)13-30(12-28)21-37/h14,25-30,32-33,39-40H,4-13,15-24,41H2,1-3H3. The molecule has 8 bridgehead atoms. The van der Waals surface area contributed by atoms with Gasteiger partial charge in [0, 0.05) is 5.16 Å². The van der Waals surface area contributed by atoms with Gasteiger partial charge in [0.05, 0.1) is 8.07 Å². The summed E-state index contributed by atoms with van der Waals surface area (Å²) in [6, 6.07) is 0. The molecule has 10 fully saturated rings. The lowest BCUT2D eigenvalue weighted by Gasteiger charge is -2.67. The van der Waals surface area contributed by atoms with Gasteiger partial charge in [-0.1, -0.05) is 44.4 Å². The van der Waals surface area contributed by atoms with Crippen molar-refractivity contribution in [1.82, 2.24) is 10.6 Å². The Hall–Kier alpha value is 0.477. The minimum atomic E-state index is -1.37. The molecule has 5 heteroatoms. The van der Waals surface area contributed by atoms with E-state index in [-0.39, 0.29) is 13.1 Å². The van der Waals surface area contributed by atoms with E-state index in [4.69, 9.17) is 0 Å². The van der Waals surface area contributed by atoms with Crippen molar-refractivity contribution in [3.63, 3.8) is 0 Å².